The normalized spacial score (nSPS) is 11.0. The van der Waals surface area contributed by atoms with Crippen molar-refractivity contribution in [2.75, 3.05) is 6.54 Å². The van der Waals surface area contributed by atoms with E-state index in [4.69, 9.17) is 0 Å². The van der Waals surface area contributed by atoms with E-state index in [0.717, 1.165) is 5.56 Å². The summed E-state index contributed by atoms with van der Waals surface area (Å²) in [4.78, 5) is 25.2. The van der Waals surface area contributed by atoms with Crippen LogP contribution in [0.3, 0.4) is 0 Å². The number of carbonyl (C=O) groups is 1. The van der Waals surface area contributed by atoms with Crippen molar-refractivity contribution in [1.82, 2.24) is 19.5 Å². The van der Waals surface area contributed by atoms with Crippen LogP contribution in [0.5, 0.6) is 0 Å². The Kier molecular flexibility index (Phi) is 4.55. The Balaban J connectivity index is 1.52. The van der Waals surface area contributed by atoms with Crippen LogP contribution in [0.25, 0.3) is 16.8 Å². The summed E-state index contributed by atoms with van der Waals surface area (Å²) in [5.41, 5.74) is 1.54. The molecule has 0 saturated carbocycles. The molecule has 1 aromatic carbocycles. The number of nitrogens with zero attached hydrogens (tertiary/aromatic N) is 3. The molecule has 4 rings (SSSR count). The molecule has 4 aromatic rings. The fourth-order valence-electron chi connectivity index (χ4n) is 2.75. The van der Waals surface area contributed by atoms with Gasteiger partial charge in [0.05, 0.1) is 10.6 Å². The molecule has 0 atom stereocenters. The van der Waals surface area contributed by atoms with Gasteiger partial charge in [0.1, 0.15) is 11.3 Å². The van der Waals surface area contributed by atoms with E-state index in [1.807, 2.05) is 11.4 Å². The highest BCUT2D eigenvalue weighted by Crippen LogP contribution is 2.18. The summed E-state index contributed by atoms with van der Waals surface area (Å²) in [6, 6.07) is 11.2. The standard InChI is InChI=1S/C19H15FN4O2S/c20-14-5-3-13(4-6-14)15-12-16-19(26)23(9-10-24(16)22-15)8-7-21-18(25)17-2-1-11-27-17/h1-6,9-12H,7-8H2,(H,21,25). The second-order valence-electron chi connectivity index (χ2n) is 5.90. The van der Waals surface area contributed by atoms with E-state index >= 15 is 0 Å². The van der Waals surface area contributed by atoms with Crippen LogP contribution in [0.15, 0.2) is 65.0 Å². The van der Waals surface area contributed by atoms with E-state index in [9.17, 15) is 14.0 Å². The van der Waals surface area contributed by atoms with Gasteiger partial charge in [0.25, 0.3) is 11.5 Å². The third kappa shape index (κ3) is 3.52. The SMILES string of the molecule is O=C(NCCn1ccn2nc(-c3ccc(F)cc3)cc2c1=O)c1cccs1. The van der Waals surface area contributed by atoms with Crippen LogP contribution in [0.1, 0.15) is 9.67 Å². The van der Waals surface area contributed by atoms with Crippen molar-refractivity contribution < 1.29 is 9.18 Å². The number of aromatic nitrogens is 3. The minimum absolute atomic E-state index is 0.151. The molecule has 6 nitrogen and oxygen atoms in total. The first-order valence-electron chi connectivity index (χ1n) is 8.28. The number of benzene rings is 1. The number of amides is 1. The van der Waals surface area contributed by atoms with Crippen molar-refractivity contribution in [3.8, 4) is 11.3 Å². The highest BCUT2D eigenvalue weighted by atomic mass is 32.1. The minimum atomic E-state index is -0.325. The zero-order valence-corrected chi connectivity index (χ0v) is 14.9. The second-order valence-corrected chi connectivity index (χ2v) is 6.84. The number of thiophene rings is 1. The number of hydrogen-bond donors (Lipinski definition) is 1. The van der Waals surface area contributed by atoms with Gasteiger partial charge in [0.2, 0.25) is 0 Å². The van der Waals surface area contributed by atoms with Crippen LogP contribution in [0, 0.1) is 5.82 Å². The molecule has 27 heavy (non-hydrogen) atoms. The van der Waals surface area contributed by atoms with Crippen LogP contribution in [0.2, 0.25) is 0 Å². The lowest BCUT2D eigenvalue weighted by Gasteiger charge is -2.07. The van der Waals surface area contributed by atoms with E-state index < -0.39 is 0 Å². The Morgan fingerprint density at radius 1 is 1.19 bits per heavy atom. The summed E-state index contributed by atoms with van der Waals surface area (Å²) in [6.45, 7) is 0.690. The van der Waals surface area contributed by atoms with Crippen LogP contribution < -0.4 is 10.9 Å². The maximum Gasteiger partial charge on any atom is 0.276 e. The molecule has 0 saturated heterocycles. The van der Waals surface area contributed by atoms with Gasteiger partial charge in [0.15, 0.2) is 0 Å². The largest absolute Gasteiger partial charge is 0.350 e. The molecule has 3 heterocycles. The first-order valence-corrected chi connectivity index (χ1v) is 9.16. The van der Waals surface area contributed by atoms with Gasteiger partial charge in [0, 0.05) is 31.0 Å². The predicted molar refractivity (Wildman–Crippen MR) is 101 cm³/mol. The third-order valence-electron chi connectivity index (χ3n) is 4.13. The maximum atomic E-state index is 13.1. The molecule has 136 valence electrons. The van der Waals surface area contributed by atoms with Gasteiger partial charge in [-0.05, 0) is 41.8 Å². The number of nitrogens with one attached hydrogen (secondary N) is 1. The predicted octanol–water partition coefficient (Wildman–Crippen LogP) is 2.79. The van der Waals surface area contributed by atoms with Gasteiger partial charge in [-0.3, -0.25) is 9.59 Å². The van der Waals surface area contributed by atoms with Crippen LogP contribution >= 0.6 is 11.3 Å². The first-order chi connectivity index (χ1) is 13.1. The molecule has 1 amide bonds. The van der Waals surface area contributed by atoms with Crippen molar-refractivity contribution in [2.24, 2.45) is 0 Å². The lowest BCUT2D eigenvalue weighted by Crippen LogP contribution is -2.30. The average molecular weight is 382 g/mol. The quantitative estimate of drug-likeness (QED) is 0.577. The molecule has 0 radical (unpaired) electrons. The molecule has 1 N–H and O–H groups in total. The highest BCUT2D eigenvalue weighted by molar-refractivity contribution is 7.12. The van der Waals surface area contributed by atoms with Gasteiger partial charge in [-0.1, -0.05) is 6.07 Å². The van der Waals surface area contributed by atoms with E-state index in [2.05, 4.69) is 10.4 Å². The number of fused-ring (bicyclic) bond motifs is 1. The number of carbonyl (C=O) groups excluding carboxylic acids is 1. The van der Waals surface area contributed by atoms with Crippen molar-refractivity contribution in [3.63, 3.8) is 0 Å². The molecule has 0 aliphatic carbocycles. The monoisotopic (exact) mass is 382 g/mol. The summed E-state index contributed by atoms with van der Waals surface area (Å²) in [7, 11) is 0. The number of hydrogen-bond acceptors (Lipinski definition) is 4. The molecule has 0 bridgehead atoms. The summed E-state index contributed by atoms with van der Waals surface area (Å²) in [6.07, 6.45) is 3.32. The molecule has 0 spiro atoms. The lowest BCUT2D eigenvalue weighted by atomic mass is 10.1. The van der Waals surface area contributed by atoms with E-state index in [-0.39, 0.29) is 17.3 Å². The van der Waals surface area contributed by atoms with Crippen LogP contribution in [0.4, 0.5) is 4.39 Å². The Bertz CT molecular complexity index is 1150. The fourth-order valence-corrected chi connectivity index (χ4v) is 3.39. The van der Waals surface area contributed by atoms with Crippen molar-refractivity contribution in [3.05, 3.63) is 81.3 Å². The van der Waals surface area contributed by atoms with Crippen LogP contribution in [-0.2, 0) is 6.54 Å². The summed E-state index contributed by atoms with van der Waals surface area (Å²) < 4.78 is 16.1. The summed E-state index contributed by atoms with van der Waals surface area (Å²) >= 11 is 1.37. The van der Waals surface area contributed by atoms with Gasteiger partial charge < -0.3 is 9.88 Å². The molecular weight excluding hydrogens is 367 g/mol. The van der Waals surface area contributed by atoms with E-state index in [1.54, 1.807) is 36.7 Å². The van der Waals surface area contributed by atoms with Crippen molar-refractivity contribution in [2.45, 2.75) is 6.54 Å². The zero-order chi connectivity index (χ0) is 18.8. The molecule has 0 aliphatic heterocycles. The Morgan fingerprint density at radius 2 is 2.00 bits per heavy atom. The van der Waals surface area contributed by atoms with Gasteiger partial charge in [-0.25, -0.2) is 8.91 Å². The Hall–Kier alpha value is -3.26. The minimum Gasteiger partial charge on any atom is -0.350 e. The van der Waals surface area contributed by atoms with Crippen LogP contribution in [-0.4, -0.2) is 26.6 Å². The van der Waals surface area contributed by atoms with E-state index in [1.165, 1.54) is 32.6 Å². The van der Waals surface area contributed by atoms with Crippen molar-refractivity contribution in [1.29, 1.82) is 0 Å². The fraction of sp³-hybridized carbons (Fsp3) is 0.105. The topological polar surface area (TPSA) is 68.4 Å². The molecule has 0 aliphatic rings. The summed E-state index contributed by atoms with van der Waals surface area (Å²) in [5.74, 6) is -0.475. The smallest absolute Gasteiger partial charge is 0.276 e. The lowest BCUT2D eigenvalue weighted by molar-refractivity contribution is 0.0956. The Labute approximate surface area is 157 Å². The highest BCUT2D eigenvalue weighted by Gasteiger charge is 2.10. The second kappa shape index (κ2) is 7.16. The average Bonchev–Trinajstić information content (AvgIpc) is 3.34. The zero-order valence-electron chi connectivity index (χ0n) is 14.1. The van der Waals surface area contributed by atoms with Gasteiger partial charge in [-0.15, -0.1) is 11.3 Å². The van der Waals surface area contributed by atoms with Gasteiger partial charge >= 0.3 is 0 Å². The first kappa shape index (κ1) is 17.2. The third-order valence-corrected chi connectivity index (χ3v) is 5.00. The van der Waals surface area contributed by atoms with Gasteiger partial charge in [-0.2, -0.15) is 5.10 Å². The summed E-state index contributed by atoms with van der Waals surface area (Å²) in [5, 5.41) is 9.01. The molecule has 0 fully saturated rings. The maximum absolute atomic E-state index is 13.1. The number of halogens is 1. The van der Waals surface area contributed by atoms with E-state index in [0.29, 0.717) is 29.2 Å². The molecule has 3 aromatic heterocycles. The molecule has 8 heteroatoms. The molecular formula is C19H15FN4O2S. The van der Waals surface area contributed by atoms with Crippen molar-refractivity contribution >= 4 is 22.8 Å². The number of rotatable bonds is 5. The Morgan fingerprint density at radius 3 is 2.74 bits per heavy atom. The molecule has 0 unspecified atom stereocenters.